The van der Waals surface area contributed by atoms with Gasteiger partial charge in [0.05, 0.1) is 10.8 Å². The summed E-state index contributed by atoms with van der Waals surface area (Å²) in [6.07, 6.45) is 8.13. The number of ketones is 1. The van der Waals surface area contributed by atoms with Crippen molar-refractivity contribution in [2.24, 2.45) is 0 Å². The molecule has 20 heavy (non-hydrogen) atoms. The second kappa shape index (κ2) is 5.97. The van der Waals surface area contributed by atoms with E-state index in [1.54, 1.807) is 0 Å². The van der Waals surface area contributed by atoms with E-state index in [4.69, 9.17) is 4.98 Å². The predicted octanol–water partition coefficient (Wildman–Crippen LogP) is 3.44. The van der Waals surface area contributed by atoms with E-state index in [9.17, 15) is 10.1 Å². The largest absolute Gasteiger partial charge is 0.298 e. The summed E-state index contributed by atoms with van der Waals surface area (Å²) in [5, 5.41) is 10.1. The van der Waals surface area contributed by atoms with Gasteiger partial charge in [0.2, 0.25) is 0 Å². The Labute approximate surface area is 123 Å². The van der Waals surface area contributed by atoms with Crippen molar-refractivity contribution in [3.63, 3.8) is 0 Å². The third-order valence-corrected chi connectivity index (χ3v) is 5.46. The molecule has 0 aliphatic heterocycles. The third kappa shape index (κ3) is 2.73. The van der Waals surface area contributed by atoms with E-state index in [0.29, 0.717) is 17.8 Å². The molecule has 1 aromatic heterocycles. The Hall–Kier alpha value is -1.34. The van der Waals surface area contributed by atoms with Gasteiger partial charge in [-0.05, 0) is 50.2 Å². The first-order valence-electron chi connectivity index (χ1n) is 7.40. The molecule has 0 N–H and O–H groups in total. The summed E-state index contributed by atoms with van der Waals surface area (Å²) in [5.41, 5.74) is 3.02. The summed E-state index contributed by atoms with van der Waals surface area (Å²) in [7, 11) is 0. The Kier molecular flexibility index (Phi) is 4.07. The fourth-order valence-electron chi connectivity index (χ4n) is 2.99. The topological polar surface area (TPSA) is 53.8 Å². The number of fused-ring (bicyclic) bond motifs is 1. The van der Waals surface area contributed by atoms with E-state index in [2.05, 4.69) is 6.07 Å². The maximum Gasteiger partial charge on any atom is 0.146 e. The minimum absolute atomic E-state index is 0.00462. The van der Waals surface area contributed by atoms with Gasteiger partial charge in [-0.1, -0.05) is 18.2 Å². The average Bonchev–Trinajstić information content (AvgIpc) is 2.49. The first-order valence-corrected chi connectivity index (χ1v) is 8.28. The number of hydrogen-bond acceptors (Lipinski definition) is 4. The van der Waals surface area contributed by atoms with Crippen LogP contribution >= 0.6 is 11.8 Å². The van der Waals surface area contributed by atoms with Crippen molar-refractivity contribution in [1.82, 2.24) is 4.98 Å². The van der Waals surface area contributed by atoms with E-state index in [1.807, 2.05) is 6.07 Å². The van der Waals surface area contributed by atoms with E-state index >= 15 is 0 Å². The lowest BCUT2D eigenvalue weighted by Crippen LogP contribution is -2.21. The standard InChI is InChI=1S/C16H18N2OS/c17-10-12-9-11-5-1-2-6-13(11)18-16(12)20-15-8-4-3-7-14(15)19/h9,15H,1-8H2. The summed E-state index contributed by atoms with van der Waals surface area (Å²) >= 11 is 1.51. The monoisotopic (exact) mass is 286 g/mol. The van der Waals surface area contributed by atoms with Crippen LogP contribution in [0.4, 0.5) is 0 Å². The van der Waals surface area contributed by atoms with Crippen molar-refractivity contribution < 1.29 is 4.79 Å². The Balaban J connectivity index is 1.88. The SMILES string of the molecule is N#Cc1cc2c(nc1SC1CCCCC1=O)CCCC2. The molecule has 3 rings (SSSR count). The number of pyridine rings is 1. The number of hydrogen-bond donors (Lipinski definition) is 0. The van der Waals surface area contributed by atoms with E-state index < -0.39 is 0 Å². The fraction of sp³-hybridized carbons (Fsp3) is 0.562. The molecule has 1 aromatic rings. The number of Topliss-reactive ketones (excluding diaryl/α,β-unsaturated/α-hetero) is 1. The van der Waals surface area contributed by atoms with Crippen LogP contribution < -0.4 is 0 Å². The number of carbonyl (C=O) groups is 1. The highest BCUT2D eigenvalue weighted by Gasteiger charge is 2.25. The zero-order chi connectivity index (χ0) is 13.9. The number of nitrogens with zero attached hydrogens (tertiary/aromatic N) is 2. The zero-order valence-electron chi connectivity index (χ0n) is 11.5. The second-order valence-electron chi connectivity index (χ2n) is 5.58. The van der Waals surface area contributed by atoms with Crippen LogP contribution in [0, 0.1) is 11.3 Å². The Morgan fingerprint density at radius 3 is 2.80 bits per heavy atom. The quantitative estimate of drug-likeness (QED) is 0.835. The van der Waals surface area contributed by atoms with E-state index in [-0.39, 0.29) is 5.25 Å². The lowest BCUT2D eigenvalue weighted by atomic mass is 9.95. The van der Waals surface area contributed by atoms with Crippen LogP contribution in [0.15, 0.2) is 11.1 Å². The zero-order valence-corrected chi connectivity index (χ0v) is 12.3. The highest BCUT2D eigenvalue weighted by Crippen LogP contribution is 2.34. The number of rotatable bonds is 2. The molecule has 2 aliphatic rings. The highest BCUT2D eigenvalue weighted by molar-refractivity contribution is 8.00. The summed E-state index contributed by atoms with van der Waals surface area (Å²) in [6, 6.07) is 4.25. The van der Waals surface area contributed by atoms with Gasteiger partial charge in [-0.3, -0.25) is 4.79 Å². The Morgan fingerprint density at radius 1 is 1.20 bits per heavy atom. The molecule has 0 saturated heterocycles. The van der Waals surface area contributed by atoms with E-state index in [0.717, 1.165) is 42.8 Å². The maximum absolute atomic E-state index is 12.0. The smallest absolute Gasteiger partial charge is 0.146 e. The van der Waals surface area contributed by atoms with Crippen LogP contribution in [0.5, 0.6) is 0 Å². The van der Waals surface area contributed by atoms with Crippen molar-refractivity contribution >= 4 is 17.5 Å². The normalized spacial score (nSPS) is 22.1. The number of thioether (sulfide) groups is 1. The minimum Gasteiger partial charge on any atom is -0.298 e. The molecule has 2 aliphatic carbocycles. The molecule has 104 valence electrons. The molecule has 0 spiro atoms. The van der Waals surface area contributed by atoms with E-state index in [1.165, 1.54) is 30.2 Å². The number of aromatic nitrogens is 1. The van der Waals surface area contributed by atoms with Crippen LogP contribution in [0.25, 0.3) is 0 Å². The molecule has 3 nitrogen and oxygen atoms in total. The number of aryl methyl sites for hydroxylation is 2. The maximum atomic E-state index is 12.0. The van der Waals surface area contributed by atoms with Crippen molar-refractivity contribution in [2.75, 3.05) is 0 Å². The van der Waals surface area contributed by atoms with Gasteiger partial charge in [0.25, 0.3) is 0 Å². The molecule has 1 saturated carbocycles. The molecule has 1 atom stereocenters. The lowest BCUT2D eigenvalue weighted by Gasteiger charge is -2.21. The summed E-state index contributed by atoms with van der Waals surface area (Å²) in [5.74, 6) is 0.324. The van der Waals surface area contributed by atoms with Gasteiger partial charge in [-0.2, -0.15) is 5.26 Å². The summed E-state index contributed by atoms with van der Waals surface area (Å²) < 4.78 is 0. The summed E-state index contributed by atoms with van der Waals surface area (Å²) in [6.45, 7) is 0. The Morgan fingerprint density at radius 2 is 2.00 bits per heavy atom. The van der Waals surface area contributed by atoms with Gasteiger partial charge in [0.1, 0.15) is 16.9 Å². The highest BCUT2D eigenvalue weighted by atomic mass is 32.2. The van der Waals surface area contributed by atoms with Crippen LogP contribution in [0.2, 0.25) is 0 Å². The molecule has 1 heterocycles. The van der Waals surface area contributed by atoms with Gasteiger partial charge in [-0.25, -0.2) is 4.98 Å². The molecule has 0 bridgehead atoms. The molecular formula is C16H18N2OS. The molecular weight excluding hydrogens is 268 g/mol. The second-order valence-corrected chi connectivity index (χ2v) is 6.78. The van der Waals surface area contributed by atoms with Gasteiger partial charge in [-0.15, -0.1) is 0 Å². The van der Waals surface area contributed by atoms with Crippen molar-refractivity contribution in [1.29, 1.82) is 5.26 Å². The predicted molar refractivity (Wildman–Crippen MR) is 78.7 cm³/mol. The molecule has 0 radical (unpaired) electrons. The first kappa shape index (κ1) is 13.6. The van der Waals surface area contributed by atoms with Crippen LogP contribution in [-0.4, -0.2) is 16.0 Å². The first-order chi connectivity index (χ1) is 9.78. The number of nitriles is 1. The van der Waals surface area contributed by atoms with Gasteiger partial charge in [0.15, 0.2) is 0 Å². The Bertz CT molecular complexity index is 577. The molecule has 4 heteroatoms. The molecule has 1 unspecified atom stereocenters. The number of carbonyl (C=O) groups excluding carboxylic acids is 1. The molecule has 0 aromatic carbocycles. The van der Waals surface area contributed by atoms with Crippen molar-refractivity contribution in [2.45, 2.75) is 61.6 Å². The minimum atomic E-state index is 0.00462. The van der Waals surface area contributed by atoms with Gasteiger partial charge < -0.3 is 0 Å². The van der Waals surface area contributed by atoms with Crippen LogP contribution in [-0.2, 0) is 17.6 Å². The lowest BCUT2D eigenvalue weighted by molar-refractivity contribution is -0.119. The van der Waals surface area contributed by atoms with Crippen LogP contribution in [0.3, 0.4) is 0 Å². The van der Waals surface area contributed by atoms with Gasteiger partial charge in [0, 0.05) is 12.1 Å². The third-order valence-electron chi connectivity index (χ3n) is 4.14. The molecule has 1 fully saturated rings. The van der Waals surface area contributed by atoms with Crippen LogP contribution in [0.1, 0.15) is 55.3 Å². The van der Waals surface area contributed by atoms with Gasteiger partial charge >= 0.3 is 0 Å². The average molecular weight is 286 g/mol. The summed E-state index contributed by atoms with van der Waals surface area (Å²) in [4.78, 5) is 16.7. The fourth-order valence-corrected chi connectivity index (χ4v) is 4.19. The molecule has 0 amide bonds. The van der Waals surface area contributed by atoms with Crippen molar-refractivity contribution in [3.05, 3.63) is 22.9 Å². The van der Waals surface area contributed by atoms with Crippen molar-refractivity contribution in [3.8, 4) is 6.07 Å².